The van der Waals surface area contributed by atoms with Gasteiger partial charge in [0.1, 0.15) is 0 Å². The van der Waals surface area contributed by atoms with Gasteiger partial charge in [-0.25, -0.2) is 0 Å². The smallest absolute Gasteiger partial charge is 0.0774 e. The lowest BCUT2D eigenvalue weighted by Gasteiger charge is -2.37. The summed E-state index contributed by atoms with van der Waals surface area (Å²) in [6, 6.07) is 2.74. The zero-order chi connectivity index (χ0) is 13.3. The van der Waals surface area contributed by atoms with Crippen LogP contribution in [0.15, 0.2) is 11.4 Å². The minimum atomic E-state index is -0.467. The molecule has 19 heavy (non-hydrogen) atoms. The summed E-state index contributed by atoms with van der Waals surface area (Å²) >= 11 is 1.89. The summed E-state index contributed by atoms with van der Waals surface area (Å²) in [5.74, 6) is 0.670. The average molecular weight is 279 g/mol. The topological polar surface area (TPSA) is 32.3 Å². The highest BCUT2D eigenvalue weighted by atomic mass is 32.1. The van der Waals surface area contributed by atoms with Gasteiger partial charge in [0.2, 0.25) is 0 Å². The van der Waals surface area contributed by atoms with Gasteiger partial charge in [-0.2, -0.15) is 0 Å². The van der Waals surface area contributed by atoms with Crippen LogP contribution in [0.25, 0.3) is 0 Å². The van der Waals surface area contributed by atoms with E-state index in [1.54, 1.807) is 4.88 Å². The number of aryl methyl sites for hydroxylation is 1. The Balaban J connectivity index is 1.61. The Morgan fingerprint density at radius 1 is 1.42 bits per heavy atom. The summed E-state index contributed by atoms with van der Waals surface area (Å²) in [5, 5.41) is 16.6. The van der Waals surface area contributed by atoms with Crippen LogP contribution in [-0.2, 0) is 6.42 Å². The fourth-order valence-electron chi connectivity index (χ4n) is 3.80. The van der Waals surface area contributed by atoms with Gasteiger partial charge in [-0.3, -0.25) is 0 Å². The lowest BCUT2D eigenvalue weighted by atomic mass is 9.78. The minimum absolute atomic E-state index is 0.467. The fourth-order valence-corrected chi connectivity index (χ4v) is 4.79. The standard InChI is InChI=1S/C16H25NOS/c1-12-4-3-8-16(18,10-12)11-17-14-5-2-6-15-13(14)7-9-19-15/h7,9,12,14,17-18H,2-6,8,10-11H2,1H3. The second-order valence-corrected chi connectivity index (χ2v) is 7.55. The van der Waals surface area contributed by atoms with Crippen molar-refractivity contribution in [3.8, 4) is 0 Å². The number of nitrogens with one attached hydrogen (secondary N) is 1. The van der Waals surface area contributed by atoms with Crippen molar-refractivity contribution >= 4 is 11.3 Å². The maximum absolute atomic E-state index is 10.7. The van der Waals surface area contributed by atoms with Crippen LogP contribution in [0.3, 0.4) is 0 Å². The molecule has 3 heteroatoms. The van der Waals surface area contributed by atoms with Crippen molar-refractivity contribution in [1.82, 2.24) is 5.32 Å². The average Bonchev–Trinajstić information content (AvgIpc) is 2.85. The van der Waals surface area contributed by atoms with Gasteiger partial charge in [0.05, 0.1) is 5.60 Å². The van der Waals surface area contributed by atoms with Crippen molar-refractivity contribution < 1.29 is 5.11 Å². The van der Waals surface area contributed by atoms with Crippen LogP contribution in [0.1, 0.15) is 61.9 Å². The molecule has 0 bridgehead atoms. The van der Waals surface area contributed by atoms with E-state index in [0.29, 0.717) is 12.0 Å². The first-order chi connectivity index (χ1) is 9.16. The van der Waals surface area contributed by atoms with E-state index < -0.39 is 5.60 Å². The molecule has 1 aromatic heterocycles. The summed E-state index contributed by atoms with van der Waals surface area (Å²) in [6.07, 6.45) is 8.12. The van der Waals surface area contributed by atoms with Gasteiger partial charge in [-0.15, -0.1) is 11.3 Å². The maximum atomic E-state index is 10.7. The van der Waals surface area contributed by atoms with E-state index in [1.807, 2.05) is 11.3 Å². The predicted octanol–water partition coefficient (Wildman–Crippen LogP) is 3.66. The molecule has 3 rings (SSSR count). The molecule has 0 spiro atoms. The maximum Gasteiger partial charge on any atom is 0.0774 e. The van der Waals surface area contributed by atoms with Crippen LogP contribution in [0.2, 0.25) is 0 Å². The molecule has 3 unspecified atom stereocenters. The van der Waals surface area contributed by atoms with Crippen molar-refractivity contribution in [3.63, 3.8) is 0 Å². The van der Waals surface area contributed by atoms with Crippen molar-refractivity contribution in [2.24, 2.45) is 5.92 Å². The third-order valence-corrected chi connectivity index (χ3v) is 5.79. The molecule has 2 aliphatic carbocycles. The normalized spacial score (nSPS) is 35.1. The molecule has 2 aliphatic rings. The first-order valence-corrected chi connectivity index (χ1v) is 8.56. The molecule has 1 fully saturated rings. The Morgan fingerprint density at radius 2 is 2.32 bits per heavy atom. The summed E-state index contributed by atoms with van der Waals surface area (Å²) in [6.45, 7) is 3.03. The molecule has 2 N–H and O–H groups in total. The highest BCUT2D eigenvalue weighted by molar-refractivity contribution is 7.10. The zero-order valence-corrected chi connectivity index (χ0v) is 12.6. The van der Waals surface area contributed by atoms with Crippen LogP contribution < -0.4 is 5.32 Å². The van der Waals surface area contributed by atoms with Gasteiger partial charge in [0.25, 0.3) is 0 Å². The molecular weight excluding hydrogens is 254 g/mol. The van der Waals surface area contributed by atoms with E-state index in [1.165, 1.54) is 37.7 Å². The van der Waals surface area contributed by atoms with Crippen molar-refractivity contribution in [2.75, 3.05) is 6.54 Å². The van der Waals surface area contributed by atoms with Crippen LogP contribution in [0, 0.1) is 5.92 Å². The van der Waals surface area contributed by atoms with Crippen molar-refractivity contribution in [1.29, 1.82) is 0 Å². The summed E-state index contributed by atoms with van der Waals surface area (Å²) in [4.78, 5) is 1.55. The summed E-state index contributed by atoms with van der Waals surface area (Å²) in [5.41, 5.74) is 1.02. The molecule has 0 radical (unpaired) electrons. The van der Waals surface area contributed by atoms with Gasteiger partial charge in [-0.1, -0.05) is 19.8 Å². The monoisotopic (exact) mass is 279 g/mol. The van der Waals surface area contributed by atoms with Crippen LogP contribution in [0.5, 0.6) is 0 Å². The highest BCUT2D eigenvalue weighted by Gasteiger charge is 2.33. The van der Waals surface area contributed by atoms with Gasteiger partial charge in [0, 0.05) is 17.5 Å². The Hall–Kier alpha value is -0.380. The Bertz CT molecular complexity index is 430. The number of rotatable bonds is 3. The van der Waals surface area contributed by atoms with Gasteiger partial charge in [-0.05, 0) is 55.0 Å². The number of thiophene rings is 1. The van der Waals surface area contributed by atoms with E-state index in [0.717, 1.165) is 19.4 Å². The molecule has 106 valence electrons. The molecule has 0 saturated heterocycles. The van der Waals surface area contributed by atoms with E-state index in [2.05, 4.69) is 23.7 Å². The second kappa shape index (κ2) is 5.55. The molecule has 0 aromatic carbocycles. The van der Waals surface area contributed by atoms with Crippen LogP contribution >= 0.6 is 11.3 Å². The van der Waals surface area contributed by atoms with E-state index in [4.69, 9.17) is 0 Å². The SMILES string of the molecule is CC1CCCC(O)(CNC2CCCc3sccc32)C1. The first kappa shape index (κ1) is 13.6. The van der Waals surface area contributed by atoms with Crippen molar-refractivity contribution in [3.05, 3.63) is 21.9 Å². The quantitative estimate of drug-likeness (QED) is 0.885. The Labute approximate surface area is 120 Å². The molecule has 0 aliphatic heterocycles. The molecular formula is C16H25NOS. The minimum Gasteiger partial charge on any atom is -0.389 e. The highest BCUT2D eigenvalue weighted by Crippen LogP contribution is 2.35. The lowest BCUT2D eigenvalue weighted by Crippen LogP contribution is -2.45. The number of hydrogen-bond acceptors (Lipinski definition) is 3. The number of hydrogen-bond donors (Lipinski definition) is 2. The molecule has 1 saturated carbocycles. The molecule has 3 atom stereocenters. The number of fused-ring (bicyclic) bond motifs is 1. The molecule has 1 aromatic rings. The third-order valence-electron chi connectivity index (χ3n) is 4.80. The van der Waals surface area contributed by atoms with Crippen LogP contribution in [-0.4, -0.2) is 17.3 Å². The second-order valence-electron chi connectivity index (χ2n) is 6.55. The summed E-state index contributed by atoms with van der Waals surface area (Å²) in [7, 11) is 0. The third kappa shape index (κ3) is 3.04. The van der Waals surface area contributed by atoms with Crippen molar-refractivity contribution in [2.45, 2.75) is 63.5 Å². The van der Waals surface area contributed by atoms with E-state index in [-0.39, 0.29) is 0 Å². The Morgan fingerprint density at radius 3 is 3.16 bits per heavy atom. The molecule has 2 nitrogen and oxygen atoms in total. The molecule has 1 heterocycles. The largest absolute Gasteiger partial charge is 0.389 e. The summed E-state index contributed by atoms with van der Waals surface area (Å²) < 4.78 is 0. The molecule has 0 amide bonds. The van der Waals surface area contributed by atoms with Gasteiger partial charge in [0.15, 0.2) is 0 Å². The fraction of sp³-hybridized carbons (Fsp3) is 0.750. The van der Waals surface area contributed by atoms with Gasteiger partial charge < -0.3 is 10.4 Å². The van der Waals surface area contributed by atoms with Gasteiger partial charge >= 0.3 is 0 Å². The van der Waals surface area contributed by atoms with E-state index in [9.17, 15) is 5.11 Å². The first-order valence-electron chi connectivity index (χ1n) is 7.68. The zero-order valence-electron chi connectivity index (χ0n) is 11.8. The van der Waals surface area contributed by atoms with Crippen LogP contribution in [0.4, 0.5) is 0 Å². The lowest BCUT2D eigenvalue weighted by molar-refractivity contribution is -0.0141. The number of aliphatic hydroxyl groups is 1. The predicted molar refractivity (Wildman–Crippen MR) is 80.6 cm³/mol. The Kier molecular flexibility index (Phi) is 3.97. The van der Waals surface area contributed by atoms with E-state index >= 15 is 0 Å².